The predicted octanol–water partition coefficient (Wildman–Crippen LogP) is 3.03. The monoisotopic (exact) mass is 290 g/mol. The van der Waals surface area contributed by atoms with Gasteiger partial charge in [0.05, 0.1) is 15.0 Å². The smallest absolute Gasteiger partial charge is 0.272 e. The highest BCUT2D eigenvalue weighted by atomic mass is 35.5. The largest absolute Gasteiger partial charge is 0.489 e. The van der Waals surface area contributed by atoms with Crippen LogP contribution in [-0.2, 0) is 0 Å². The van der Waals surface area contributed by atoms with Crippen LogP contribution < -0.4 is 10.1 Å². The number of halogens is 2. The van der Waals surface area contributed by atoms with E-state index in [2.05, 4.69) is 5.32 Å². The summed E-state index contributed by atoms with van der Waals surface area (Å²) in [7, 11) is 0. The third-order valence-electron chi connectivity index (χ3n) is 2.55. The SMILES string of the molecule is O=[N+]([O-])c1cc(Cl)c(OCCNC2CC2)c(Cl)c1. The molecule has 0 unspecified atom stereocenters. The maximum atomic E-state index is 10.6. The number of nitrogens with one attached hydrogen (secondary N) is 1. The van der Waals surface area contributed by atoms with Gasteiger partial charge in [-0.3, -0.25) is 10.1 Å². The summed E-state index contributed by atoms with van der Waals surface area (Å²) in [5, 5.41) is 14.2. The first-order valence-electron chi connectivity index (χ1n) is 5.57. The Kier molecular flexibility index (Phi) is 4.27. The molecule has 0 radical (unpaired) electrons. The molecule has 1 aromatic carbocycles. The van der Waals surface area contributed by atoms with Gasteiger partial charge >= 0.3 is 0 Å². The molecule has 0 saturated heterocycles. The molecule has 1 fully saturated rings. The van der Waals surface area contributed by atoms with Crippen molar-refractivity contribution in [2.75, 3.05) is 13.2 Å². The molecule has 0 spiro atoms. The van der Waals surface area contributed by atoms with E-state index in [4.69, 9.17) is 27.9 Å². The quantitative estimate of drug-likeness (QED) is 0.497. The van der Waals surface area contributed by atoms with Gasteiger partial charge in [0.2, 0.25) is 0 Å². The number of hydrogen-bond donors (Lipinski definition) is 1. The maximum Gasteiger partial charge on any atom is 0.272 e. The number of nitro groups is 1. The zero-order valence-electron chi connectivity index (χ0n) is 9.49. The van der Waals surface area contributed by atoms with Gasteiger partial charge in [-0.2, -0.15) is 0 Å². The van der Waals surface area contributed by atoms with Crippen LogP contribution in [0.25, 0.3) is 0 Å². The van der Waals surface area contributed by atoms with Crippen molar-refractivity contribution in [3.8, 4) is 5.75 Å². The molecule has 7 heteroatoms. The van der Waals surface area contributed by atoms with Crippen molar-refractivity contribution in [3.63, 3.8) is 0 Å². The summed E-state index contributed by atoms with van der Waals surface area (Å²) >= 11 is 11.8. The summed E-state index contributed by atoms with van der Waals surface area (Å²) in [6.07, 6.45) is 2.41. The minimum absolute atomic E-state index is 0.145. The van der Waals surface area contributed by atoms with Crippen molar-refractivity contribution >= 4 is 28.9 Å². The van der Waals surface area contributed by atoms with Gasteiger partial charge in [0.25, 0.3) is 5.69 Å². The van der Waals surface area contributed by atoms with Crippen LogP contribution in [0.1, 0.15) is 12.8 Å². The Morgan fingerprint density at radius 3 is 2.50 bits per heavy atom. The third kappa shape index (κ3) is 3.48. The lowest BCUT2D eigenvalue weighted by Crippen LogP contribution is -2.22. The molecule has 5 nitrogen and oxygen atoms in total. The molecule has 0 amide bonds. The molecule has 1 aromatic rings. The molecule has 98 valence electrons. The van der Waals surface area contributed by atoms with E-state index in [9.17, 15) is 10.1 Å². The molecule has 18 heavy (non-hydrogen) atoms. The van der Waals surface area contributed by atoms with Crippen LogP contribution in [0, 0.1) is 10.1 Å². The Balaban J connectivity index is 1.95. The number of nitrogens with zero attached hydrogens (tertiary/aromatic N) is 1. The first kappa shape index (κ1) is 13.4. The molecule has 1 saturated carbocycles. The van der Waals surface area contributed by atoms with Crippen molar-refractivity contribution in [2.45, 2.75) is 18.9 Å². The van der Waals surface area contributed by atoms with Gasteiger partial charge in [-0.1, -0.05) is 23.2 Å². The summed E-state index contributed by atoms with van der Waals surface area (Å²) in [4.78, 5) is 10.1. The van der Waals surface area contributed by atoms with Crippen LogP contribution in [0.3, 0.4) is 0 Å². The van der Waals surface area contributed by atoms with E-state index >= 15 is 0 Å². The van der Waals surface area contributed by atoms with Crippen LogP contribution in [-0.4, -0.2) is 24.1 Å². The van der Waals surface area contributed by atoms with Gasteiger partial charge in [-0.05, 0) is 12.8 Å². The minimum Gasteiger partial charge on any atom is -0.489 e. The highest BCUT2D eigenvalue weighted by molar-refractivity contribution is 6.37. The Hall–Kier alpha value is -1.04. The van der Waals surface area contributed by atoms with Crippen LogP contribution >= 0.6 is 23.2 Å². The molecule has 0 aliphatic heterocycles. The van der Waals surface area contributed by atoms with Gasteiger partial charge in [-0.15, -0.1) is 0 Å². The van der Waals surface area contributed by atoms with E-state index in [0.717, 1.165) is 0 Å². The second-order valence-corrected chi connectivity index (χ2v) is 4.89. The molecule has 0 bridgehead atoms. The normalized spacial score (nSPS) is 14.6. The standard InChI is InChI=1S/C11H12Cl2N2O3/c12-9-5-8(15(16)17)6-10(13)11(9)18-4-3-14-7-1-2-7/h5-7,14H,1-4H2. The Morgan fingerprint density at radius 2 is 2.00 bits per heavy atom. The average Bonchev–Trinajstić information content (AvgIpc) is 3.10. The first-order chi connectivity index (χ1) is 8.58. The van der Waals surface area contributed by atoms with Gasteiger partial charge in [0, 0.05) is 24.7 Å². The van der Waals surface area contributed by atoms with E-state index in [1.807, 2.05) is 0 Å². The number of hydrogen-bond acceptors (Lipinski definition) is 4. The third-order valence-corrected chi connectivity index (χ3v) is 3.11. The van der Waals surface area contributed by atoms with Gasteiger partial charge < -0.3 is 10.1 Å². The summed E-state index contributed by atoms with van der Waals surface area (Å²) in [6, 6.07) is 3.07. The molecule has 1 aliphatic rings. The van der Waals surface area contributed by atoms with Crippen LogP contribution in [0.15, 0.2) is 12.1 Å². The molecule has 0 aromatic heterocycles. The fraction of sp³-hybridized carbons (Fsp3) is 0.455. The number of nitro benzene ring substituents is 1. The molecule has 2 rings (SSSR count). The molecular weight excluding hydrogens is 279 g/mol. The van der Waals surface area contributed by atoms with Crippen LogP contribution in [0.2, 0.25) is 10.0 Å². The number of ether oxygens (including phenoxy) is 1. The van der Waals surface area contributed by atoms with Crippen molar-refractivity contribution < 1.29 is 9.66 Å². The molecule has 1 N–H and O–H groups in total. The van der Waals surface area contributed by atoms with Crippen molar-refractivity contribution in [1.29, 1.82) is 0 Å². The zero-order chi connectivity index (χ0) is 13.1. The molecular formula is C11H12Cl2N2O3. The minimum atomic E-state index is -0.545. The van der Waals surface area contributed by atoms with E-state index < -0.39 is 4.92 Å². The van der Waals surface area contributed by atoms with Gasteiger partial charge in [0.15, 0.2) is 5.75 Å². The molecule has 1 aliphatic carbocycles. The fourth-order valence-corrected chi connectivity index (χ4v) is 2.08. The highest BCUT2D eigenvalue weighted by Gasteiger charge is 2.20. The average molecular weight is 291 g/mol. The lowest BCUT2D eigenvalue weighted by atomic mass is 10.3. The van der Waals surface area contributed by atoms with E-state index in [0.29, 0.717) is 24.9 Å². The number of benzene rings is 1. The number of rotatable bonds is 6. The topological polar surface area (TPSA) is 64.4 Å². The van der Waals surface area contributed by atoms with Crippen molar-refractivity contribution in [1.82, 2.24) is 5.32 Å². The van der Waals surface area contributed by atoms with Crippen LogP contribution in [0.4, 0.5) is 5.69 Å². The second-order valence-electron chi connectivity index (χ2n) is 4.07. The number of non-ortho nitro benzene ring substituents is 1. The second kappa shape index (κ2) is 5.73. The van der Waals surface area contributed by atoms with E-state index in [1.165, 1.54) is 25.0 Å². The zero-order valence-corrected chi connectivity index (χ0v) is 11.0. The summed E-state index contributed by atoms with van der Waals surface area (Å²) < 4.78 is 5.43. The highest BCUT2D eigenvalue weighted by Crippen LogP contribution is 2.36. The Morgan fingerprint density at radius 1 is 1.39 bits per heavy atom. The van der Waals surface area contributed by atoms with E-state index in [-0.39, 0.29) is 15.7 Å². The fourth-order valence-electron chi connectivity index (χ4n) is 1.49. The lowest BCUT2D eigenvalue weighted by Gasteiger charge is -2.10. The Bertz CT molecular complexity index is 441. The van der Waals surface area contributed by atoms with E-state index in [1.54, 1.807) is 0 Å². The van der Waals surface area contributed by atoms with Gasteiger partial charge in [0.1, 0.15) is 6.61 Å². The van der Waals surface area contributed by atoms with Crippen molar-refractivity contribution in [2.24, 2.45) is 0 Å². The summed E-state index contributed by atoms with van der Waals surface area (Å²) in [5.41, 5.74) is -0.145. The van der Waals surface area contributed by atoms with Crippen LogP contribution in [0.5, 0.6) is 5.75 Å². The van der Waals surface area contributed by atoms with Gasteiger partial charge in [-0.25, -0.2) is 0 Å². The first-order valence-corrected chi connectivity index (χ1v) is 6.33. The maximum absolute atomic E-state index is 10.6. The molecule has 0 heterocycles. The lowest BCUT2D eigenvalue weighted by molar-refractivity contribution is -0.384. The summed E-state index contributed by atoms with van der Waals surface area (Å²) in [5.74, 6) is 0.293. The van der Waals surface area contributed by atoms with Crippen molar-refractivity contribution in [3.05, 3.63) is 32.3 Å². The predicted molar refractivity (Wildman–Crippen MR) is 69.6 cm³/mol. The molecule has 0 atom stereocenters. The Labute approximate surface area is 114 Å². The summed E-state index contributed by atoms with van der Waals surface area (Å²) in [6.45, 7) is 1.13.